The molecule has 3 heteroatoms. The Labute approximate surface area is 160 Å². The Bertz CT molecular complexity index is 1020. The lowest BCUT2D eigenvalue weighted by Gasteiger charge is -2.19. The summed E-state index contributed by atoms with van der Waals surface area (Å²) in [5.74, 6) is 1.23. The average molecular weight is 352 g/mol. The van der Waals surface area contributed by atoms with E-state index in [1.807, 2.05) is 48.6 Å². The van der Waals surface area contributed by atoms with E-state index in [4.69, 9.17) is 4.74 Å². The summed E-state index contributed by atoms with van der Waals surface area (Å²) in [6.45, 7) is 6.56. The minimum atomic E-state index is 0.0752. The number of rotatable bonds is 2. The zero-order chi connectivity index (χ0) is 19.4. The third kappa shape index (κ3) is 4.00. The van der Waals surface area contributed by atoms with Crippen molar-refractivity contribution < 1.29 is 4.74 Å². The number of allylic oxidation sites excluding steroid dienone is 4. The molecule has 2 aromatic rings. The number of benzene rings is 2. The van der Waals surface area contributed by atoms with Gasteiger partial charge in [-0.2, -0.15) is 10.5 Å². The van der Waals surface area contributed by atoms with E-state index in [1.54, 1.807) is 6.08 Å². The van der Waals surface area contributed by atoms with Gasteiger partial charge < -0.3 is 4.74 Å². The van der Waals surface area contributed by atoms with E-state index in [2.05, 4.69) is 45.0 Å². The highest BCUT2D eigenvalue weighted by Crippen LogP contribution is 2.35. The Morgan fingerprint density at radius 1 is 0.926 bits per heavy atom. The van der Waals surface area contributed by atoms with Gasteiger partial charge in [-0.05, 0) is 34.8 Å². The monoisotopic (exact) mass is 352 g/mol. The van der Waals surface area contributed by atoms with Crippen molar-refractivity contribution in [2.24, 2.45) is 0 Å². The second kappa shape index (κ2) is 7.36. The first kappa shape index (κ1) is 18.2. The van der Waals surface area contributed by atoms with Gasteiger partial charge in [0.25, 0.3) is 0 Å². The number of fused-ring (bicyclic) bond motifs is 1. The van der Waals surface area contributed by atoms with Gasteiger partial charge in [-0.15, -0.1) is 0 Å². The summed E-state index contributed by atoms with van der Waals surface area (Å²) in [4.78, 5) is 0. The summed E-state index contributed by atoms with van der Waals surface area (Å²) in [5.41, 5.74) is 3.86. The third-order valence-electron chi connectivity index (χ3n) is 4.40. The number of hydrogen-bond donors (Lipinski definition) is 0. The lowest BCUT2D eigenvalue weighted by atomic mass is 9.87. The summed E-state index contributed by atoms with van der Waals surface area (Å²) >= 11 is 0. The standard InChI is InChI=1S/C24H20N2O/c1-24(2,3)19-11-8-17(9-12-19)10-13-20-14-22(18(15-25)16-26)21-6-4-5-7-23(21)27-20/h4-14H,1-3H3/b13-10+. The fourth-order valence-corrected chi connectivity index (χ4v) is 2.86. The van der Waals surface area contributed by atoms with Gasteiger partial charge in [-0.3, -0.25) is 0 Å². The first-order chi connectivity index (χ1) is 12.9. The molecule has 1 aliphatic heterocycles. The quantitative estimate of drug-likeness (QED) is 0.644. The highest BCUT2D eigenvalue weighted by molar-refractivity contribution is 5.87. The Kier molecular flexibility index (Phi) is 4.97. The van der Waals surface area contributed by atoms with Crippen LogP contribution >= 0.6 is 0 Å². The molecule has 0 aliphatic carbocycles. The highest BCUT2D eigenvalue weighted by atomic mass is 16.5. The smallest absolute Gasteiger partial charge is 0.137 e. The van der Waals surface area contributed by atoms with Crippen molar-refractivity contribution in [2.75, 3.05) is 0 Å². The molecule has 0 radical (unpaired) electrons. The van der Waals surface area contributed by atoms with Crippen LogP contribution in [-0.2, 0) is 5.41 Å². The molecule has 132 valence electrons. The lowest BCUT2D eigenvalue weighted by molar-refractivity contribution is 0.439. The minimum Gasteiger partial charge on any atom is -0.457 e. The van der Waals surface area contributed by atoms with Crippen LogP contribution in [-0.4, -0.2) is 0 Å². The molecule has 1 aliphatic rings. The van der Waals surface area contributed by atoms with Crippen molar-refractivity contribution >= 4 is 11.6 Å². The normalized spacial score (nSPS) is 13.2. The third-order valence-corrected chi connectivity index (χ3v) is 4.40. The van der Waals surface area contributed by atoms with Crippen molar-refractivity contribution in [3.63, 3.8) is 0 Å². The van der Waals surface area contributed by atoms with Crippen LogP contribution in [0.15, 0.2) is 72.0 Å². The summed E-state index contributed by atoms with van der Waals surface area (Å²) < 4.78 is 5.92. The number of para-hydroxylation sites is 1. The van der Waals surface area contributed by atoms with Gasteiger partial charge in [0.2, 0.25) is 0 Å². The number of hydrogen-bond acceptors (Lipinski definition) is 3. The van der Waals surface area contributed by atoms with E-state index in [1.165, 1.54) is 5.56 Å². The van der Waals surface area contributed by atoms with Crippen LogP contribution in [0.2, 0.25) is 0 Å². The van der Waals surface area contributed by atoms with E-state index >= 15 is 0 Å². The number of nitriles is 2. The molecule has 1 heterocycles. The highest BCUT2D eigenvalue weighted by Gasteiger charge is 2.18. The van der Waals surface area contributed by atoms with Gasteiger partial charge in [0.05, 0.1) is 0 Å². The molecule has 0 atom stereocenters. The molecule has 0 saturated carbocycles. The van der Waals surface area contributed by atoms with Crippen LogP contribution < -0.4 is 4.74 Å². The van der Waals surface area contributed by atoms with Crippen LogP contribution in [0.3, 0.4) is 0 Å². The molecule has 0 unspecified atom stereocenters. The Morgan fingerprint density at radius 3 is 2.22 bits per heavy atom. The molecule has 0 fully saturated rings. The van der Waals surface area contributed by atoms with Crippen LogP contribution in [0.25, 0.3) is 11.6 Å². The van der Waals surface area contributed by atoms with Crippen LogP contribution in [0.1, 0.15) is 37.5 Å². The van der Waals surface area contributed by atoms with E-state index < -0.39 is 0 Å². The lowest BCUT2D eigenvalue weighted by Crippen LogP contribution is -2.10. The molecule has 2 aromatic carbocycles. The first-order valence-electron chi connectivity index (χ1n) is 8.74. The molecule has 0 saturated heterocycles. The maximum absolute atomic E-state index is 9.27. The van der Waals surface area contributed by atoms with Crippen molar-refractivity contribution in [3.05, 3.63) is 88.7 Å². The van der Waals surface area contributed by atoms with Gasteiger partial charge in [-0.1, -0.05) is 69.3 Å². The topological polar surface area (TPSA) is 56.8 Å². The summed E-state index contributed by atoms with van der Waals surface area (Å²) in [6, 6.07) is 19.7. The molecular weight excluding hydrogens is 332 g/mol. The first-order valence-corrected chi connectivity index (χ1v) is 8.74. The Morgan fingerprint density at radius 2 is 1.59 bits per heavy atom. The molecule has 3 nitrogen and oxygen atoms in total. The average Bonchev–Trinajstić information content (AvgIpc) is 2.67. The second-order valence-electron chi connectivity index (χ2n) is 7.36. The van der Waals surface area contributed by atoms with Crippen LogP contribution in [0.5, 0.6) is 5.75 Å². The number of ether oxygens (including phenoxy) is 1. The summed E-state index contributed by atoms with van der Waals surface area (Å²) in [5, 5.41) is 18.5. The molecule has 0 amide bonds. The van der Waals surface area contributed by atoms with E-state index in [-0.39, 0.29) is 11.0 Å². The molecule has 3 rings (SSSR count). The van der Waals surface area contributed by atoms with Crippen molar-refractivity contribution in [2.45, 2.75) is 26.2 Å². The zero-order valence-corrected chi connectivity index (χ0v) is 15.7. The fourth-order valence-electron chi connectivity index (χ4n) is 2.86. The second-order valence-corrected chi connectivity index (χ2v) is 7.36. The van der Waals surface area contributed by atoms with Gasteiger partial charge in [0, 0.05) is 11.1 Å². The minimum absolute atomic E-state index is 0.0752. The molecule has 27 heavy (non-hydrogen) atoms. The van der Waals surface area contributed by atoms with E-state index in [0.717, 1.165) is 11.1 Å². The van der Waals surface area contributed by atoms with Gasteiger partial charge >= 0.3 is 0 Å². The predicted octanol–water partition coefficient (Wildman–Crippen LogP) is 5.77. The van der Waals surface area contributed by atoms with Crippen LogP contribution in [0.4, 0.5) is 0 Å². The fraction of sp³-hybridized carbons (Fsp3) is 0.167. The maximum atomic E-state index is 9.27. The molecule has 0 bridgehead atoms. The molecule has 0 spiro atoms. The zero-order valence-electron chi connectivity index (χ0n) is 15.7. The van der Waals surface area contributed by atoms with Crippen molar-refractivity contribution in [1.82, 2.24) is 0 Å². The van der Waals surface area contributed by atoms with E-state index in [0.29, 0.717) is 17.1 Å². The predicted molar refractivity (Wildman–Crippen MR) is 107 cm³/mol. The van der Waals surface area contributed by atoms with Crippen molar-refractivity contribution in [3.8, 4) is 17.9 Å². The van der Waals surface area contributed by atoms with E-state index in [9.17, 15) is 10.5 Å². The number of nitrogens with zero attached hydrogens (tertiary/aromatic N) is 2. The SMILES string of the molecule is CC(C)(C)c1ccc(/C=C/C2=CC(=C(C#N)C#N)c3ccccc3O2)cc1. The molecule has 0 N–H and O–H groups in total. The largest absolute Gasteiger partial charge is 0.457 e. The van der Waals surface area contributed by atoms with Gasteiger partial charge in [-0.25, -0.2) is 0 Å². The maximum Gasteiger partial charge on any atom is 0.137 e. The summed E-state index contributed by atoms with van der Waals surface area (Å²) in [7, 11) is 0. The van der Waals surface area contributed by atoms with Gasteiger partial charge in [0.15, 0.2) is 0 Å². The summed E-state index contributed by atoms with van der Waals surface area (Å²) in [6.07, 6.45) is 5.56. The Hall–Kier alpha value is -3.56. The van der Waals surface area contributed by atoms with Crippen molar-refractivity contribution in [1.29, 1.82) is 10.5 Å². The molecule has 0 aromatic heterocycles. The van der Waals surface area contributed by atoms with Gasteiger partial charge in [0.1, 0.15) is 29.2 Å². The van der Waals surface area contributed by atoms with Crippen LogP contribution in [0, 0.1) is 22.7 Å². The molecular formula is C24H20N2O. The Balaban J connectivity index is 1.94.